The number of benzene rings is 1. The van der Waals surface area contributed by atoms with Crippen LogP contribution in [0.1, 0.15) is 42.1 Å². The molecule has 3 nitrogen and oxygen atoms in total. The highest BCUT2D eigenvalue weighted by atomic mass is 16.1. The monoisotopic (exact) mass is 230 g/mol. The van der Waals surface area contributed by atoms with Crippen molar-refractivity contribution in [2.75, 3.05) is 6.54 Å². The summed E-state index contributed by atoms with van der Waals surface area (Å²) in [6.45, 7) is 2.83. The molecule has 0 saturated carbocycles. The van der Waals surface area contributed by atoms with Crippen LogP contribution in [0.2, 0.25) is 0 Å². The third-order valence-electron chi connectivity index (χ3n) is 2.60. The minimum absolute atomic E-state index is 0.0769. The van der Waals surface area contributed by atoms with Gasteiger partial charge in [-0.2, -0.15) is 5.26 Å². The summed E-state index contributed by atoms with van der Waals surface area (Å²) >= 11 is 0. The van der Waals surface area contributed by atoms with Crippen LogP contribution in [-0.4, -0.2) is 12.5 Å². The molecule has 0 heterocycles. The smallest absolute Gasteiger partial charge is 0.251 e. The van der Waals surface area contributed by atoms with Gasteiger partial charge >= 0.3 is 0 Å². The predicted octanol–water partition coefficient (Wildman–Crippen LogP) is 2.67. The fourth-order valence-electron chi connectivity index (χ4n) is 1.65. The molecule has 1 aromatic rings. The van der Waals surface area contributed by atoms with E-state index in [0.717, 1.165) is 24.8 Å². The van der Waals surface area contributed by atoms with E-state index in [4.69, 9.17) is 5.26 Å². The lowest BCUT2D eigenvalue weighted by molar-refractivity contribution is 0.0952. The third-order valence-corrected chi connectivity index (χ3v) is 2.60. The number of amides is 1. The van der Waals surface area contributed by atoms with Crippen LogP contribution in [0.25, 0.3) is 0 Å². The Hall–Kier alpha value is -1.82. The summed E-state index contributed by atoms with van der Waals surface area (Å²) in [7, 11) is 0. The summed E-state index contributed by atoms with van der Waals surface area (Å²) in [5.41, 5.74) is 1.41. The molecule has 0 saturated heterocycles. The average Bonchev–Trinajstić information content (AvgIpc) is 2.35. The predicted molar refractivity (Wildman–Crippen MR) is 67.6 cm³/mol. The Morgan fingerprint density at radius 3 is 2.82 bits per heavy atom. The van der Waals surface area contributed by atoms with Gasteiger partial charge < -0.3 is 5.32 Å². The molecule has 1 rings (SSSR count). The lowest BCUT2D eigenvalue weighted by Gasteiger charge is -2.07. The van der Waals surface area contributed by atoms with Gasteiger partial charge in [0, 0.05) is 12.1 Å². The van der Waals surface area contributed by atoms with Crippen molar-refractivity contribution in [2.24, 2.45) is 0 Å². The first-order valence-electron chi connectivity index (χ1n) is 6.02. The van der Waals surface area contributed by atoms with Crippen LogP contribution in [-0.2, 0) is 6.42 Å². The molecule has 0 spiro atoms. The van der Waals surface area contributed by atoms with Crippen LogP contribution in [0.4, 0.5) is 0 Å². The Labute approximate surface area is 102 Å². The van der Waals surface area contributed by atoms with E-state index >= 15 is 0 Å². The lowest BCUT2D eigenvalue weighted by Crippen LogP contribution is -2.25. The average molecular weight is 230 g/mol. The molecule has 17 heavy (non-hydrogen) atoms. The summed E-state index contributed by atoms with van der Waals surface area (Å²) in [4.78, 5) is 11.9. The first-order valence-corrected chi connectivity index (χ1v) is 6.02. The lowest BCUT2D eigenvalue weighted by atomic mass is 10.0. The van der Waals surface area contributed by atoms with Gasteiger partial charge in [-0.15, -0.1) is 0 Å². The van der Waals surface area contributed by atoms with E-state index in [2.05, 4.69) is 18.3 Å². The number of nitrogens with zero attached hydrogens (tertiary/aromatic N) is 1. The fraction of sp³-hybridized carbons (Fsp3) is 0.429. The van der Waals surface area contributed by atoms with Gasteiger partial charge in [0.25, 0.3) is 5.91 Å². The number of hydrogen-bond acceptors (Lipinski definition) is 2. The number of nitrogens with one attached hydrogen (secondary N) is 1. The van der Waals surface area contributed by atoms with Crippen molar-refractivity contribution >= 4 is 5.91 Å². The summed E-state index contributed by atoms with van der Waals surface area (Å²) in [5, 5.41) is 11.6. The third kappa shape index (κ3) is 4.28. The molecule has 0 aliphatic carbocycles. The minimum Gasteiger partial charge on any atom is -0.352 e. The second-order valence-corrected chi connectivity index (χ2v) is 3.96. The fourth-order valence-corrected chi connectivity index (χ4v) is 1.65. The van der Waals surface area contributed by atoms with Crippen LogP contribution in [0, 0.1) is 11.3 Å². The van der Waals surface area contributed by atoms with Crippen LogP contribution < -0.4 is 5.32 Å². The number of carbonyl (C=O) groups is 1. The van der Waals surface area contributed by atoms with Crippen molar-refractivity contribution in [3.05, 3.63) is 35.4 Å². The number of rotatable bonds is 6. The Kier molecular flexibility index (Phi) is 5.81. The van der Waals surface area contributed by atoms with E-state index in [1.54, 1.807) is 6.07 Å². The van der Waals surface area contributed by atoms with E-state index < -0.39 is 0 Å². The Bertz CT molecular complexity index is 407. The SMILES string of the molecule is CCCCCNC(=O)c1ccccc1CC#N. The van der Waals surface area contributed by atoms with Gasteiger partial charge in [0.15, 0.2) is 0 Å². The maximum Gasteiger partial charge on any atom is 0.251 e. The van der Waals surface area contributed by atoms with Crippen molar-refractivity contribution < 1.29 is 4.79 Å². The second kappa shape index (κ2) is 7.45. The molecule has 1 aromatic carbocycles. The highest BCUT2D eigenvalue weighted by Crippen LogP contribution is 2.09. The first kappa shape index (κ1) is 13.2. The summed E-state index contributed by atoms with van der Waals surface area (Å²) in [6, 6.07) is 9.33. The normalized spacial score (nSPS) is 9.65. The number of unbranched alkanes of at least 4 members (excludes halogenated alkanes) is 2. The molecule has 0 aliphatic rings. The molecule has 1 amide bonds. The minimum atomic E-state index is -0.0769. The zero-order valence-electron chi connectivity index (χ0n) is 10.2. The van der Waals surface area contributed by atoms with E-state index in [1.807, 2.05) is 18.2 Å². The van der Waals surface area contributed by atoms with E-state index in [9.17, 15) is 4.79 Å². The van der Waals surface area contributed by atoms with Crippen LogP contribution in [0.5, 0.6) is 0 Å². The van der Waals surface area contributed by atoms with E-state index in [1.165, 1.54) is 0 Å². The largest absolute Gasteiger partial charge is 0.352 e. The molecule has 0 fully saturated rings. The Balaban J connectivity index is 2.59. The molecular formula is C14H18N2O. The molecule has 0 aromatic heterocycles. The van der Waals surface area contributed by atoms with Crippen molar-refractivity contribution in [2.45, 2.75) is 32.6 Å². The quantitative estimate of drug-likeness (QED) is 0.764. The zero-order chi connectivity index (χ0) is 12.5. The van der Waals surface area contributed by atoms with Crippen LogP contribution >= 0.6 is 0 Å². The van der Waals surface area contributed by atoms with Gasteiger partial charge in [-0.25, -0.2) is 0 Å². The molecule has 90 valence electrons. The second-order valence-electron chi connectivity index (χ2n) is 3.96. The maximum atomic E-state index is 11.9. The molecule has 0 bridgehead atoms. The highest BCUT2D eigenvalue weighted by molar-refractivity contribution is 5.95. The molecule has 0 radical (unpaired) electrons. The molecule has 0 atom stereocenters. The van der Waals surface area contributed by atoms with Crippen molar-refractivity contribution in [1.29, 1.82) is 5.26 Å². The van der Waals surface area contributed by atoms with Gasteiger partial charge in [0.2, 0.25) is 0 Å². The highest BCUT2D eigenvalue weighted by Gasteiger charge is 2.09. The number of hydrogen-bond donors (Lipinski definition) is 1. The molecule has 0 aliphatic heterocycles. The summed E-state index contributed by atoms with van der Waals surface area (Å²) < 4.78 is 0. The Morgan fingerprint density at radius 1 is 1.35 bits per heavy atom. The summed E-state index contributed by atoms with van der Waals surface area (Å²) in [5.74, 6) is -0.0769. The van der Waals surface area contributed by atoms with Crippen molar-refractivity contribution in [3.63, 3.8) is 0 Å². The zero-order valence-corrected chi connectivity index (χ0v) is 10.2. The van der Waals surface area contributed by atoms with Gasteiger partial charge in [-0.05, 0) is 18.1 Å². The number of nitriles is 1. The van der Waals surface area contributed by atoms with Gasteiger partial charge in [-0.1, -0.05) is 38.0 Å². The van der Waals surface area contributed by atoms with Crippen LogP contribution in [0.3, 0.4) is 0 Å². The van der Waals surface area contributed by atoms with E-state index in [-0.39, 0.29) is 12.3 Å². The van der Waals surface area contributed by atoms with Crippen molar-refractivity contribution in [1.82, 2.24) is 5.32 Å². The Morgan fingerprint density at radius 2 is 2.12 bits per heavy atom. The maximum absolute atomic E-state index is 11.9. The topological polar surface area (TPSA) is 52.9 Å². The molecule has 0 unspecified atom stereocenters. The number of carbonyl (C=O) groups excluding carboxylic acids is 1. The standard InChI is InChI=1S/C14H18N2O/c1-2-3-6-11-16-14(17)13-8-5-4-7-12(13)9-10-15/h4-5,7-8H,2-3,6,9,11H2,1H3,(H,16,17). The molecule has 1 N–H and O–H groups in total. The van der Waals surface area contributed by atoms with Crippen molar-refractivity contribution in [3.8, 4) is 6.07 Å². The van der Waals surface area contributed by atoms with E-state index in [0.29, 0.717) is 12.1 Å². The van der Waals surface area contributed by atoms with Crippen LogP contribution in [0.15, 0.2) is 24.3 Å². The van der Waals surface area contributed by atoms with Gasteiger partial charge in [0.1, 0.15) is 0 Å². The van der Waals surface area contributed by atoms with Gasteiger partial charge in [0.05, 0.1) is 12.5 Å². The first-order chi connectivity index (χ1) is 8.29. The summed E-state index contributed by atoms with van der Waals surface area (Å²) in [6.07, 6.45) is 3.54. The molecular weight excluding hydrogens is 212 g/mol. The van der Waals surface area contributed by atoms with Gasteiger partial charge in [-0.3, -0.25) is 4.79 Å². The molecule has 3 heteroatoms.